The summed E-state index contributed by atoms with van der Waals surface area (Å²) in [5.41, 5.74) is 1.19. The van der Waals surface area contributed by atoms with Crippen LogP contribution in [0.3, 0.4) is 0 Å². The summed E-state index contributed by atoms with van der Waals surface area (Å²) in [5, 5.41) is 0. The largest absolute Gasteiger partial charge is 0.377 e. The molecule has 1 unspecified atom stereocenters. The second kappa shape index (κ2) is 3.79. The van der Waals surface area contributed by atoms with Gasteiger partial charge in [0.05, 0.1) is 6.10 Å². The van der Waals surface area contributed by atoms with Crippen LogP contribution in [0, 0.1) is 0 Å². The van der Waals surface area contributed by atoms with E-state index in [1.807, 2.05) is 31.2 Å². The fourth-order valence-electron chi connectivity index (χ4n) is 0.881. The van der Waals surface area contributed by atoms with E-state index in [9.17, 15) is 0 Å². The first-order chi connectivity index (χ1) is 5.24. The van der Waals surface area contributed by atoms with Crippen molar-refractivity contribution in [1.82, 2.24) is 0 Å². The first kappa shape index (κ1) is 8.62. The van der Waals surface area contributed by atoms with E-state index in [1.165, 1.54) is 5.56 Å². The summed E-state index contributed by atoms with van der Waals surface area (Å²) in [6, 6.07) is 7.98. The summed E-state index contributed by atoms with van der Waals surface area (Å²) in [7, 11) is 1.71. The Balaban J connectivity index is 2.81. The van der Waals surface area contributed by atoms with E-state index in [0.717, 1.165) is 4.90 Å². The molecule has 0 aromatic heterocycles. The van der Waals surface area contributed by atoms with Gasteiger partial charge in [0, 0.05) is 12.0 Å². The monoisotopic (exact) mass is 168 g/mol. The van der Waals surface area contributed by atoms with Gasteiger partial charge in [-0.05, 0) is 24.6 Å². The molecule has 1 nitrogen and oxygen atoms in total. The highest BCUT2D eigenvalue weighted by atomic mass is 32.1. The van der Waals surface area contributed by atoms with Gasteiger partial charge in [-0.3, -0.25) is 0 Å². The lowest BCUT2D eigenvalue weighted by Gasteiger charge is -2.08. The average Bonchev–Trinajstić information content (AvgIpc) is 2.05. The van der Waals surface area contributed by atoms with Crippen molar-refractivity contribution in [3.05, 3.63) is 29.8 Å². The summed E-state index contributed by atoms with van der Waals surface area (Å²) >= 11 is 4.19. The molecule has 0 saturated carbocycles. The van der Waals surface area contributed by atoms with Gasteiger partial charge in [0.25, 0.3) is 0 Å². The van der Waals surface area contributed by atoms with Crippen LogP contribution >= 0.6 is 12.6 Å². The lowest BCUT2D eigenvalue weighted by Crippen LogP contribution is -1.94. The van der Waals surface area contributed by atoms with E-state index in [-0.39, 0.29) is 6.10 Å². The third-order valence-corrected chi connectivity index (χ3v) is 2.01. The number of thiol groups is 1. The Morgan fingerprint density at radius 2 is 1.82 bits per heavy atom. The second-order valence-corrected chi connectivity index (χ2v) is 2.99. The predicted octanol–water partition coefficient (Wildman–Crippen LogP) is 2.68. The zero-order valence-electron chi connectivity index (χ0n) is 6.74. The molecule has 0 N–H and O–H groups in total. The van der Waals surface area contributed by atoms with Crippen molar-refractivity contribution in [2.24, 2.45) is 0 Å². The number of rotatable bonds is 2. The van der Waals surface area contributed by atoms with Crippen LogP contribution in [0.5, 0.6) is 0 Å². The van der Waals surface area contributed by atoms with Gasteiger partial charge in [-0.15, -0.1) is 12.6 Å². The summed E-state index contributed by atoms with van der Waals surface area (Å²) in [6.07, 6.45) is 0.170. The molecule has 2 heteroatoms. The van der Waals surface area contributed by atoms with Crippen LogP contribution in [-0.4, -0.2) is 7.11 Å². The lowest BCUT2D eigenvalue weighted by atomic mass is 10.1. The van der Waals surface area contributed by atoms with Crippen molar-refractivity contribution in [2.75, 3.05) is 7.11 Å². The molecule has 0 amide bonds. The van der Waals surface area contributed by atoms with Gasteiger partial charge in [0.1, 0.15) is 0 Å². The van der Waals surface area contributed by atoms with E-state index in [1.54, 1.807) is 7.11 Å². The molecule has 1 atom stereocenters. The number of ether oxygens (including phenoxy) is 1. The maximum Gasteiger partial charge on any atom is 0.0793 e. The minimum atomic E-state index is 0.170. The molecule has 1 rings (SSSR count). The summed E-state index contributed by atoms with van der Waals surface area (Å²) < 4.78 is 5.15. The fourth-order valence-corrected chi connectivity index (χ4v) is 1.03. The molecular formula is C9H12OS. The van der Waals surface area contributed by atoms with Crippen LogP contribution in [0.4, 0.5) is 0 Å². The van der Waals surface area contributed by atoms with Gasteiger partial charge in [0.15, 0.2) is 0 Å². The van der Waals surface area contributed by atoms with Crippen molar-refractivity contribution < 1.29 is 4.74 Å². The van der Waals surface area contributed by atoms with Crippen LogP contribution in [0.25, 0.3) is 0 Å². The average molecular weight is 168 g/mol. The highest BCUT2D eigenvalue weighted by Gasteiger charge is 2.00. The molecule has 0 heterocycles. The molecular weight excluding hydrogens is 156 g/mol. The van der Waals surface area contributed by atoms with Crippen LogP contribution < -0.4 is 0 Å². The molecule has 1 aromatic carbocycles. The quantitative estimate of drug-likeness (QED) is 0.668. The smallest absolute Gasteiger partial charge is 0.0793 e. The standard InChI is InChI=1S/C9H12OS/c1-7(10-2)8-3-5-9(11)6-4-8/h3-7,11H,1-2H3. The Morgan fingerprint density at radius 3 is 2.27 bits per heavy atom. The Bertz CT molecular complexity index is 218. The SMILES string of the molecule is COC(C)c1ccc(S)cc1. The van der Waals surface area contributed by atoms with Gasteiger partial charge < -0.3 is 4.74 Å². The molecule has 0 aliphatic heterocycles. The Morgan fingerprint density at radius 1 is 1.27 bits per heavy atom. The van der Waals surface area contributed by atoms with Gasteiger partial charge in [-0.1, -0.05) is 12.1 Å². The molecule has 0 aliphatic rings. The Labute approximate surface area is 72.8 Å². The fraction of sp³-hybridized carbons (Fsp3) is 0.333. The summed E-state index contributed by atoms with van der Waals surface area (Å²) in [6.45, 7) is 2.02. The van der Waals surface area contributed by atoms with E-state index < -0.39 is 0 Å². The molecule has 0 bridgehead atoms. The Kier molecular flexibility index (Phi) is 2.97. The van der Waals surface area contributed by atoms with Crippen molar-refractivity contribution in [3.8, 4) is 0 Å². The van der Waals surface area contributed by atoms with Crippen molar-refractivity contribution in [2.45, 2.75) is 17.9 Å². The maximum absolute atomic E-state index is 5.15. The second-order valence-electron chi connectivity index (χ2n) is 2.47. The van der Waals surface area contributed by atoms with Crippen LogP contribution in [0.1, 0.15) is 18.6 Å². The number of benzene rings is 1. The molecule has 0 radical (unpaired) electrons. The predicted molar refractivity (Wildman–Crippen MR) is 49.1 cm³/mol. The van der Waals surface area contributed by atoms with Crippen LogP contribution in [-0.2, 0) is 4.74 Å². The van der Waals surface area contributed by atoms with Gasteiger partial charge in [-0.25, -0.2) is 0 Å². The third-order valence-electron chi connectivity index (χ3n) is 1.72. The third kappa shape index (κ3) is 2.24. The topological polar surface area (TPSA) is 9.23 Å². The Hall–Kier alpha value is -0.470. The first-order valence-electron chi connectivity index (χ1n) is 3.55. The van der Waals surface area contributed by atoms with Crippen molar-refractivity contribution in [3.63, 3.8) is 0 Å². The van der Waals surface area contributed by atoms with Crippen LogP contribution in [0.2, 0.25) is 0 Å². The molecule has 0 aliphatic carbocycles. The van der Waals surface area contributed by atoms with E-state index >= 15 is 0 Å². The lowest BCUT2D eigenvalue weighted by molar-refractivity contribution is 0.119. The minimum Gasteiger partial charge on any atom is -0.377 e. The van der Waals surface area contributed by atoms with Crippen molar-refractivity contribution in [1.29, 1.82) is 0 Å². The highest BCUT2D eigenvalue weighted by molar-refractivity contribution is 7.80. The summed E-state index contributed by atoms with van der Waals surface area (Å²) in [4.78, 5) is 0.983. The highest BCUT2D eigenvalue weighted by Crippen LogP contribution is 2.16. The number of hydrogen-bond acceptors (Lipinski definition) is 2. The molecule has 60 valence electrons. The van der Waals surface area contributed by atoms with E-state index in [0.29, 0.717) is 0 Å². The molecule has 0 saturated heterocycles. The molecule has 11 heavy (non-hydrogen) atoms. The first-order valence-corrected chi connectivity index (χ1v) is 4.00. The van der Waals surface area contributed by atoms with Gasteiger partial charge >= 0.3 is 0 Å². The molecule has 0 fully saturated rings. The van der Waals surface area contributed by atoms with Crippen molar-refractivity contribution >= 4 is 12.6 Å². The zero-order chi connectivity index (χ0) is 8.27. The number of hydrogen-bond donors (Lipinski definition) is 1. The maximum atomic E-state index is 5.15. The molecule has 1 aromatic rings. The van der Waals surface area contributed by atoms with Gasteiger partial charge in [0.2, 0.25) is 0 Å². The van der Waals surface area contributed by atoms with Crippen LogP contribution in [0.15, 0.2) is 29.2 Å². The van der Waals surface area contributed by atoms with E-state index in [2.05, 4.69) is 12.6 Å². The van der Waals surface area contributed by atoms with Gasteiger partial charge in [-0.2, -0.15) is 0 Å². The minimum absolute atomic E-state index is 0.170. The number of methoxy groups -OCH3 is 1. The normalized spacial score (nSPS) is 13.0. The zero-order valence-corrected chi connectivity index (χ0v) is 7.64. The molecule has 0 spiro atoms. The van der Waals surface area contributed by atoms with E-state index in [4.69, 9.17) is 4.74 Å². The summed E-state index contributed by atoms with van der Waals surface area (Å²) in [5.74, 6) is 0.